The predicted molar refractivity (Wildman–Crippen MR) is 129 cm³/mol. The Hall–Kier alpha value is -2.12. The van der Waals surface area contributed by atoms with Crippen LogP contribution in [0.3, 0.4) is 0 Å². The first-order chi connectivity index (χ1) is 16.3. The number of nitrogens with one attached hydrogen (secondary N) is 1. The molecular weight excluding hydrogens is 432 g/mol. The summed E-state index contributed by atoms with van der Waals surface area (Å²) in [5, 5.41) is 14.8. The molecule has 7 atom stereocenters. The van der Waals surface area contributed by atoms with E-state index >= 15 is 0 Å². The molecule has 1 heterocycles. The van der Waals surface area contributed by atoms with Crippen molar-refractivity contribution in [2.24, 2.45) is 29.1 Å². The van der Waals surface area contributed by atoms with Gasteiger partial charge >= 0.3 is 0 Å². The molecule has 0 bridgehead atoms. The Labute approximate surface area is 203 Å². The van der Waals surface area contributed by atoms with E-state index in [0.717, 1.165) is 25.7 Å². The van der Waals surface area contributed by atoms with Crippen molar-refractivity contribution in [2.45, 2.75) is 58.6 Å². The molecule has 0 spiro atoms. The van der Waals surface area contributed by atoms with E-state index in [-0.39, 0.29) is 53.5 Å². The lowest BCUT2D eigenvalue weighted by molar-refractivity contribution is -0.154. The minimum absolute atomic E-state index is 0.0106. The van der Waals surface area contributed by atoms with Crippen LogP contribution in [-0.4, -0.2) is 66.9 Å². The molecule has 4 rings (SSSR count). The summed E-state index contributed by atoms with van der Waals surface area (Å²) in [6.45, 7) is 8.79. The van der Waals surface area contributed by atoms with E-state index in [2.05, 4.69) is 19.2 Å². The van der Waals surface area contributed by atoms with E-state index in [4.69, 9.17) is 9.47 Å². The molecule has 1 aromatic rings. The van der Waals surface area contributed by atoms with Gasteiger partial charge in [-0.1, -0.05) is 39.0 Å². The maximum Gasteiger partial charge on any atom is 0.258 e. The van der Waals surface area contributed by atoms with Crippen LogP contribution in [0.5, 0.6) is 5.75 Å². The van der Waals surface area contributed by atoms with Crippen molar-refractivity contribution in [3.63, 3.8) is 0 Å². The maximum atomic E-state index is 13.2. The number of para-hydroxylation sites is 1. The fourth-order valence-electron chi connectivity index (χ4n) is 6.67. The molecule has 1 aliphatic heterocycles. The molecule has 0 aromatic heterocycles. The van der Waals surface area contributed by atoms with E-state index < -0.39 is 6.10 Å². The Morgan fingerprint density at radius 2 is 1.88 bits per heavy atom. The van der Waals surface area contributed by atoms with Crippen molar-refractivity contribution in [3.8, 4) is 5.75 Å². The first-order valence-corrected chi connectivity index (χ1v) is 12.8. The number of aliphatic hydroxyl groups is 1. The topological polar surface area (TPSA) is 88.1 Å². The standard InChI is InChI=1S/C27H40N2O5/c1-18(26(32)29-13-15-33-16-14-29)21-9-11-27(3)12-10-22(19(2)24(27)25(21)31)28-23(30)17-34-20-7-5-4-6-8-20/h4-8,18-19,21-22,24-25,31H,9-17H2,1-3H3,(H,28,30)/t18-,19+,21+,22-,24+,25-,27-/m0/s1. The number of fused-ring (bicyclic) bond motifs is 1. The van der Waals surface area contributed by atoms with Crippen molar-refractivity contribution >= 4 is 11.8 Å². The number of ether oxygens (including phenoxy) is 2. The number of nitrogens with zero attached hydrogens (tertiary/aromatic N) is 1. The van der Waals surface area contributed by atoms with Crippen LogP contribution in [0.2, 0.25) is 0 Å². The zero-order valence-electron chi connectivity index (χ0n) is 20.7. The van der Waals surface area contributed by atoms with E-state index in [1.54, 1.807) is 0 Å². The fraction of sp³-hybridized carbons (Fsp3) is 0.704. The van der Waals surface area contributed by atoms with Gasteiger partial charge in [0.05, 0.1) is 19.3 Å². The zero-order valence-corrected chi connectivity index (χ0v) is 20.7. The van der Waals surface area contributed by atoms with Crippen LogP contribution >= 0.6 is 0 Å². The second-order valence-corrected chi connectivity index (χ2v) is 10.8. The molecule has 1 aromatic carbocycles. The molecule has 1 saturated heterocycles. The molecule has 0 radical (unpaired) electrons. The fourth-order valence-corrected chi connectivity index (χ4v) is 6.67. The van der Waals surface area contributed by atoms with E-state index in [0.29, 0.717) is 32.1 Å². The minimum atomic E-state index is -0.561. The molecule has 0 unspecified atom stereocenters. The first kappa shape index (κ1) is 25.0. The average molecular weight is 473 g/mol. The van der Waals surface area contributed by atoms with Crippen LogP contribution in [0, 0.1) is 29.1 Å². The Morgan fingerprint density at radius 1 is 1.21 bits per heavy atom. The summed E-state index contributed by atoms with van der Waals surface area (Å²) in [6, 6.07) is 9.32. The summed E-state index contributed by atoms with van der Waals surface area (Å²) in [6.07, 6.45) is 3.16. The molecule has 2 aliphatic carbocycles. The van der Waals surface area contributed by atoms with Gasteiger partial charge in [-0.2, -0.15) is 0 Å². The van der Waals surface area contributed by atoms with Crippen LogP contribution < -0.4 is 10.1 Å². The summed E-state index contributed by atoms with van der Waals surface area (Å²) in [5.41, 5.74) is 0.0266. The van der Waals surface area contributed by atoms with Gasteiger partial charge in [-0.15, -0.1) is 0 Å². The Balaban J connectivity index is 1.39. The second kappa shape index (κ2) is 10.6. The van der Waals surface area contributed by atoms with Gasteiger partial charge < -0.3 is 24.8 Å². The van der Waals surface area contributed by atoms with Crippen LogP contribution in [0.25, 0.3) is 0 Å². The first-order valence-electron chi connectivity index (χ1n) is 12.8. The smallest absolute Gasteiger partial charge is 0.258 e. The van der Waals surface area contributed by atoms with Crippen LogP contribution in [-0.2, 0) is 14.3 Å². The highest BCUT2D eigenvalue weighted by Gasteiger charge is 2.54. The number of rotatable bonds is 6. The Bertz CT molecular complexity index is 843. The highest BCUT2D eigenvalue weighted by molar-refractivity contribution is 5.79. The van der Waals surface area contributed by atoms with E-state index in [1.165, 1.54) is 0 Å². The monoisotopic (exact) mass is 472 g/mol. The summed E-state index contributed by atoms with van der Waals surface area (Å²) in [7, 11) is 0. The Morgan fingerprint density at radius 3 is 2.59 bits per heavy atom. The molecule has 34 heavy (non-hydrogen) atoms. The van der Waals surface area contributed by atoms with Gasteiger partial charge in [0.25, 0.3) is 5.91 Å². The summed E-state index contributed by atoms with van der Waals surface area (Å²) in [5.74, 6) is 0.532. The number of aliphatic hydroxyl groups excluding tert-OH is 1. The number of carbonyl (C=O) groups is 2. The summed E-state index contributed by atoms with van der Waals surface area (Å²) >= 11 is 0. The average Bonchev–Trinajstić information content (AvgIpc) is 2.85. The highest BCUT2D eigenvalue weighted by atomic mass is 16.5. The van der Waals surface area contributed by atoms with E-state index in [9.17, 15) is 14.7 Å². The lowest BCUT2D eigenvalue weighted by Gasteiger charge is -2.56. The van der Waals surface area contributed by atoms with Gasteiger partial charge in [0, 0.05) is 25.0 Å². The largest absolute Gasteiger partial charge is 0.484 e. The van der Waals surface area contributed by atoms with Crippen molar-refractivity contribution < 1.29 is 24.2 Å². The van der Waals surface area contributed by atoms with Crippen molar-refractivity contribution in [2.75, 3.05) is 32.9 Å². The summed E-state index contributed by atoms with van der Waals surface area (Å²) < 4.78 is 11.0. The van der Waals surface area contributed by atoms with Crippen LogP contribution in [0.4, 0.5) is 0 Å². The van der Waals surface area contributed by atoms with Crippen molar-refractivity contribution in [1.29, 1.82) is 0 Å². The third-order valence-corrected chi connectivity index (χ3v) is 8.70. The van der Waals surface area contributed by atoms with Crippen molar-refractivity contribution in [3.05, 3.63) is 30.3 Å². The van der Waals surface area contributed by atoms with Crippen LogP contribution in [0.15, 0.2) is 30.3 Å². The number of benzene rings is 1. The van der Waals surface area contributed by atoms with Gasteiger partial charge in [0.1, 0.15) is 5.75 Å². The number of carbonyl (C=O) groups excluding carboxylic acids is 2. The highest BCUT2D eigenvalue weighted by Crippen LogP contribution is 2.55. The van der Waals surface area contributed by atoms with Gasteiger partial charge in [0.15, 0.2) is 6.61 Å². The van der Waals surface area contributed by atoms with Gasteiger partial charge in [-0.25, -0.2) is 0 Å². The molecule has 7 nitrogen and oxygen atoms in total. The normalized spacial score (nSPS) is 34.6. The number of amides is 2. The lowest BCUT2D eigenvalue weighted by atomic mass is 9.51. The minimum Gasteiger partial charge on any atom is -0.484 e. The van der Waals surface area contributed by atoms with E-state index in [1.807, 2.05) is 42.2 Å². The number of morpholine rings is 1. The van der Waals surface area contributed by atoms with Crippen LogP contribution in [0.1, 0.15) is 46.5 Å². The number of hydrogen-bond acceptors (Lipinski definition) is 5. The second-order valence-electron chi connectivity index (χ2n) is 10.8. The predicted octanol–water partition coefficient (Wildman–Crippen LogP) is 2.87. The molecular formula is C27H40N2O5. The number of hydrogen-bond donors (Lipinski definition) is 2. The van der Waals surface area contributed by atoms with Gasteiger partial charge in [-0.05, 0) is 61.0 Å². The summed E-state index contributed by atoms with van der Waals surface area (Å²) in [4.78, 5) is 27.7. The Kier molecular flexibility index (Phi) is 7.83. The SMILES string of the molecule is C[C@H]1[C@@H]2[C@@H](O)[C@@H]([C@H](C)C(=O)N3CCOCC3)CC[C@@]2(C)CC[C@@H]1NC(=O)COc1ccccc1. The molecule has 3 fully saturated rings. The third-order valence-electron chi connectivity index (χ3n) is 8.70. The van der Waals surface area contributed by atoms with Gasteiger partial charge in [-0.3, -0.25) is 9.59 Å². The lowest BCUT2D eigenvalue weighted by Crippen LogP contribution is -2.59. The molecule has 2 N–H and O–H groups in total. The zero-order chi connectivity index (χ0) is 24.3. The van der Waals surface area contributed by atoms with Gasteiger partial charge in [0.2, 0.25) is 5.91 Å². The maximum absolute atomic E-state index is 13.2. The molecule has 2 amide bonds. The molecule has 188 valence electrons. The third kappa shape index (κ3) is 5.25. The molecule has 3 aliphatic rings. The van der Waals surface area contributed by atoms with Crippen molar-refractivity contribution in [1.82, 2.24) is 10.2 Å². The quantitative estimate of drug-likeness (QED) is 0.665. The molecule has 7 heteroatoms. The molecule has 2 saturated carbocycles.